The number of rotatable bonds is 20. The molecule has 0 fully saturated rings. The Labute approximate surface area is 164 Å². The molecule has 160 valence electrons. The van der Waals surface area contributed by atoms with Crippen LogP contribution in [0.5, 0.6) is 0 Å². The highest BCUT2D eigenvalue weighted by Gasteiger charge is 2.14. The highest BCUT2D eigenvalue weighted by molar-refractivity contribution is 5.80. The molecule has 0 heterocycles. The molecule has 0 spiro atoms. The van der Waals surface area contributed by atoms with Gasteiger partial charge in [-0.15, -0.1) is 0 Å². The van der Waals surface area contributed by atoms with Gasteiger partial charge in [0.15, 0.2) is 0 Å². The van der Waals surface area contributed by atoms with Gasteiger partial charge >= 0.3 is 5.97 Å². The van der Waals surface area contributed by atoms with Gasteiger partial charge in [0, 0.05) is 19.5 Å². The second-order valence-electron chi connectivity index (χ2n) is 6.70. The molecule has 1 amide bonds. The van der Waals surface area contributed by atoms with Gasteiger partial charge < -0.3 is 24.6 Å². The highest BCUT2D eigenvalue weighted by atomic mass is 16.5. The summed E-state index contributed by atoms with van der Waals surface area (Å²) in [6, 6.07) is 0. The molecule has 2 N–H and O–H groups in total. The van der Waals surface area contributed by atoms with Crippen LogP contribution in [0, 0.1) is 0 Å². The van der Waals surface area contributed by atoms with Crippen molar-refractivity contribution in [2.75, 3.05) is 46.1 Å². The van der Waals surface area contributed by atoms with Crippen LogP contribution < -0.4 is 0 Å². The maximum Gasteiger partial charge on any atom is 0.303 e. The van der Waals surface area contributed by atoms with Crippen LogP contribution in [0.3, 0.4) is 0 Å². The van der Waals surface area contributed by atoms with Crippen LogP contribution in [-0.4, -0.2) is 73.1 Å². The van der Waals surface area contributed by atoms with E-state index in [-0.39, 0.29) is 25.4 Å². The van der Waals surface area contributed by atoms with E-state index in [1.54, 1.807) is 4.90 Å². The fraction of sp³-hybridized carbons (Fsp3) is 0.900. The molecule has 0 aromatic heterocycles. The molecule has 0 radical (unpaired) electrons. The Bertz CT molecular complexity index is 364. The van der Waals surface area contributed by atoms with E-state index in [0.717, 1.165) is 12.8 Å². The number of amides is 1. The molecule has 27 heavy (non-hydrogen) atoms. The van der Waals surface area contributed by atoms with E-state index in [4.69, 9.17) is 19.7 Å². The Morgan fingerprint density at radius 3 is 1.96 bits per heavy atom. The van der Waals surface area contributed by atoms with Gasteiger partial charge in [-0.3, -0.25) is 9.59 Å². The number of hydrogen-bond donors (Lipinski definition) is 2. The van der Waals surface area contributed by atoms with Crippen molar-refractivity contribution >= 4 is 11.9 Å². The van der Waals surface area contributed by atoms with Crippen molar-refractivity contribution in [2.45, 2.75) is 71.1 Å². The first kappa shape index (κ1) is 25.8. The fourth-order valence-corrected chi connectivity index (χ4v) is 2.73. The number of nitrogens with zero attached hydrogens (tertiary/aromatic N) is 1. The summed E-state index contributed by atoms with van der Waals surface area (Å²) < 4.78 is 10.6. The molecule has 0 aliphatic heterocycles. The molecule has 0 atom stereocenters. The monoisotopic (exact) mass is 389 g/mol. The van der Waals surface area contributed by atoms with Gasteiger partial charge in [-0.2, -0.15) is 0 Å². The summed E-state index contributed by atoms with van der Waals surface area (Å²) in [4.78, 5) is 24.7. The number of carboxylic acids is 1. The van der Waals surface area contributed by atoms with Gasteiger partial charge in [0.05, 0.1) is 39.5 Å². The molecule has 0 rings (SSSR count). The van der Waals surface area contributed by atoms with Crippen molar-refractivity contribution < 1.29 is 29.3 Å². The van der Waals surface area contributed by atoms with Gasteiger partial charge in [-0.1, -0.05) is 51.9 Å². The van der Waals surface area contributed by atoms with Crippen molar-refractivity contribution in [3.63, 3.8) is 0 Å². The molecule has 0 saturated carbocycles. The molecular formula is C20H39NO6. The summed E-state index contributed by atoms with van der Waals surface area (Å²) in [5, 5.41) is 17.4. The Morgan fingerprint density at radius 1 is 0.778 bits per heavy atom. The zero-order chi connectivity index (χ0) is 20.2. The van der Waals surface area contributed by atoms with E-state index in [9.17, 15) is 9.59 Å². The predicted octanol–water partition coefficient (Wildman–Crippen LogP) is 2.85. The largest absolute Gasteiger partial charge is 0.481 e. The van der Waals surface area contributed by atoms with Crippen LogP contribution in [-0.2, 0) is 19.1 Å². The molecule has 0 aromatic rings. The summed E-state index contributed by atoms with van der Waals surface area (Å²) in [5.74, 6) is -1.08. The van der Waals surface area contributed by atoms with Crippen LogP contribution in [0.2, 0.25) is 0 Å². The zero-order valence-corrected chi connectivity index (χ0v) is 17.0. The quantitative estimate of drug-likeness (QED) is 0.311. The molecular weight excluding hydrogens is 350 g/mol. The van der Waals surface area contributed by atoms with Gasteiger partial charge in [0.25, 0.3) is 0 Å². The molecule has 7 nitrogen and oxygen atoms in total. The van der Waals surface area contributed by atoms with Crippen LogP contribution in [0.25, 0.3) is 0 Å². The average Bonchev–Trinajstić information content (AvgIpc) is 2.65. The number of hydrogen-bond acceptors (Lipinski definition) is 5. The highest BCUT2D eigenvalue weighted by Crippen LogP contribution is 2.09. The van der Waals surface area contributed by atoms with Gasteiger partial charge in [0.1, 0.15) is 0 Å². The van der Waals surface area contributed by atoms with Crippen molar-refractivity contribution in [1.29, 1.82) is 0 Å². The summed E-state index contributed by atoms with van der Waals surface area (Å²) in [6.07, 6.45) is 9.48. The van der Waals surface area contributed by atoms with Gasteiger partial charge in [-0.05, 0) is 6.42 Å². The molecule has 0 bridgehead atoms. The number of carboxylic acid groups (broad SMARTS) is 1. The second-order valence-corrected chi connectivity index (χ2v) is 6.70. The van der Waals surface area contributed by atoms with Crippen molar-refractivity contribution in [3.05, 3.63) is 0 Å². The van der Waals surface area contributed by atoms with E-state index in [2.05, 4.69) is 6.92 Å². The summed E-state index contributed by atoms with van der Waals surface area (Å²) in [5.41, 5.74) is 0. The summed E-state index contributed by atoms with van der Waals surface area (Å²) in [6.45, 7) is 4.83. The number of aliphatic hydroxyl groups excluding tert-OH is 1. The minimum absolute atomic E-state index is 0.00946. The number of carbonyl (C=O) groups excluding carboxylic acids is 1. The van der Waals surface area contributed by atoms with Crippen LogP contribution in [0.1, 0.15) is 71.1 Å². The summed E-state index contributed by atoms with van der Waals surface area (Å²) >= 11 is 0. The van der Waals surface area contributed by atoms with Crippen molar-refractivity contribution in [2.24, 2.45) is 0 Å². The Balaban J connectivity index is 3.99. The first-order valence-corrected chi connectivity index (χ1v) is 10.4. The molecule has 0 unspecified atom stereocenters. The maximum absolute atomic E-state index is 12.2. The van der Waals surface area contributed by atoms with E-state index >= 15 is 0 Å². The first-order valence-electron chi connectivity index (χ1n) is 10.4. The SMILES string of the molecule is CCCCCCCCCCN(CCOCCOCCO)C(=O)CCC(=O)O. The normalized spacial score (nSPS) is 10.9. The molecule has 7 heteroatoms. The number of carbonyl (C=O) groups is 2. The van der Waals surface area contributed by atoms with Crippen LogP contribution in [0.4, 0.5) is 0 Å². The third-order valence-electron chi connectivity index (χ3n) is 4.30. The Kier molecular flexibility index (Phi) is 18.7. The molecule has 0 aliphatic rings. The lowest BCUT2D eigenvalue weighted by Gasteiger charge is -2.22. The van der Waals surface area contributed by atoms with Crippen molar-refractivity contribution in [1.82, 2.24) is 4.90 Å². The third-order valence-corrected chi connectivity index (χ3v) is 4.30. The third kappa shape index (κ3) is 18.0. The lowest BCUT2D eigenvalue weighted by Crippen LogP contribution is -2.35. The first-order chi connectivity index (χ1) is 13.1. The Hall–Kier alpha value is -1.18. The van der Waals surface area contributed by atoms with Crippen LogP contribution in [0.15, 0.2) is 0 Å². The number of ether oxygens (including phenoxy) is 2. The van der Waals surface area contributed by atoms with E-state index < -0.39 is 5.97 Å². The minimum Gasteiger partial charge on any atom is -0.481 e. The summed E-state index contributed by atoms with van der Waals surface area (Å²) in [7, 11) is 0. The number of unbranched alkanes of at least 4 members (excludes halogenated alkanes) is 7. The van der Waals surface area contributed by atoms with Gasteiger partial charge in [0.2, 0.25) is 5.91 Å². The van der Waals surface area contributed by atoms with E-state index in [0.29, 0.717) is 39.5 Å². The average molecular weight is 390 g/mol. The zero-order valence-electron chi connectivity index (χ0n) is 17.0. The lowest BCUT2D eigenvalue weighted by molar-refractivity contribution is -0.141. The second kappa shape index (κ2) is 19.6. The molecule has 0 aliphatic carbocycles. The number of aliphatic carboxylic acids is 1. The molecule has 0 aromatic carbocycles. The smallest absolute Gasteiger partial charge is 0.303 e. The predicted molar refractivity (Wildman–Crippen MR) is 105 cm³/mol. The fourth-order valence-electron chi connectivity index (χ4n) is 2.73. The van der Waals surface area contributed by atoms with Crippen molar-refractivity contribution in [3.8, 4) is 0 Å². The Morgan fingerprint density at radius 2 is 1.37 bits per heavy atom. The van der Waals surface area contributed by atoms with E-state index in [1.807, 2.05) is 0 Å². The lowest BCUT2D eigenvalue weighted by atomic mass is 10.1. The maximum atomic E-state index is 12.2. The standard InChI is InChI=1S/C20H39NO6/c1-2-3-4-5-6-7-8-9-12-21(19(23)10-11-20(24)25)13-15-26-17-18-27-16-14-22/h22H,2-18H2,1H3,(H,24,25). The topological polar surface area (TPSA) is 96.3 Å². The van der Waals surface area contributed by atoms with Gasteiger partial charge in [-0.25, -0.2) is 0 Å². The number of aliphatic hydroxyl groups is 1. The molecule has 0 saturated heterocycles. The minimum atomic E-state index is -0.951. The van der Waals surface area contributed by atoms with E-state index in [1.165, 1.54) is 38.5 Å². The van der Waals surface area contributed by atoms with Crippen LogP contribution >= 0.6 is 0 Å².